The highest BCUT2D eigenvalue weighted by atomic mass is 16.5. The second-order valence-corrected chi connectivity index (χ2v) is 2.51. The van der Waals surface area contributed by atoms with Crippen molar-refractivity contribution in [2.75, 3.05) is 19.8 Å². The molecule has 0 heterocycles. The van der Waals surface area contributed by atoms with Gasteiger partial charge in [-0.2, -0.15) is 5.26 Å². The van der Waals surface area contributed by atoms with Gasteiger partial charge in [0.15, 0.2) is 0 Å². The molecule has 0 saturated carbocycles. The van der Waals surface area contributed by atoms with E-state index in [1.165, 1.54) is 0 Å². The average molecular weight is 171 g/mol. The number of ether oxygens (including phenoxy) is 2. The Kier molecular flexibility index (Phi) is 8.09. The minimum atomic E-state index is -0.268. The summed E-state index contributed by atoms with van der Waals surface area (Å²) in [6.07, 6.45) is 1.50. The van der Waals surface area contributed by atoms with Crippen molar-refractivity contribution in [1.82, 2.24) is 0 Å². The quantitative estimate of drug-likeness (QED) is 0.548. The molecular formula is C9H17NO2. The van der Waals surface area contributed by atoms with Gasteiger partial charge in [0.25, 0.3) is 0 Å². The van der Waals surface area contributed by atoms with Crippen LogP contribution in [-0.2, 0) is 9.47 Å². The van der Waals surface area contributed by atoms with Crippen LogP contribution in [0.2, 0.25) is 0 Å². The highest BCUT2D eigenvalue weighted by molar-refractivity contribution is 4.82. The molecule has 0 spiro atoms. The van der Waals surface area contributed by atoms with Crippen LogP contribution in [-0.4, -0.2) is 25.9 Å². The maximum atomic E-state index is 8.51. The second-order valence-electron chi connectivity index (χ2n) is 2.51. The first-order chi connectivity index (χ1) is 5.85. The Labute approximate surface area is 74.3 Å². The van der Waals surface area contributed by atoms with E-state index in [1.54, 1.807) is 0 Å². The van der Waals surface area contributed by atoms with E-state index in [2.05, 4.69) is 13.0 Å². The van der Waals surface area contributed by atoms with Crippen LogP contribution in [0.15, 0.2) is 0 Å². The molecule has 0 aromatic rings. The minimum absolute atomic E-state index is 0.268. The van der Waals surface area contributed by atoms with Gasteiger partial charge in [-0.3, -0.25) is 0 Å². The maximum Gasteiger partial charge on any atom is 0.143 e. The third kappa shape index (κ3) is 6.14. The molecule has 0 amide bonds. The number of nitriles is 1. The van der Waals surface area contributed by atoms with Gasteiger partial charge in [-0.1, -0.05) is 13.8 Å². The van der Waals surface area contributed by atoms with Gasteiger partial charge in [0.2, 0.25) is 0 Å². The van der Waals surface area contributed by atoms with Gasteiger partial charge in [-0.15, -0.1) is 0 Å². The molecular weight excluding hydrogens is 154 g/mol. The Balaban J connectivity index is 3.13. The third-order valence-electron chi connectivity index (χ3n) is 1.41. The molecule has 0 bridgehead atoms. The summed E-state index contributed by atoms with van der Waals surface area (Å²) in [5.41, 5.74) is 0. The summed E-state index contributed by atoms with van der Waals surface area (Å²) < 4.78 is 10.4. The fourth-order valence-corrected chi connectivity index (χ4v) is 0.742. The summed E-state index contributed by atoms with van der Waals surface area (Å²) in [7, 11) is 0. The van der Waals surface area contributed by atoms with E-state index in [1.807, 2.05) is 6.92 Å². The zero-order valence-corrected chi connectivity index (χ0v) is 7.88. The molecule has 0 saturated heterocycles. The topological polar surface area (TPSA) is 42.2 Å². The van der Waals surface area contributed by atoms with Crippen LogP contribution >= 0.6 is 0 Å². The molecule has 0 aliphatic rings. The van der Waals surface area contributed by atoms with Gasteiger partial charge >= 0.3 is 0 Å². The fourth-order valence-electron chi connectivity index (χ4n) is 0.742. The van der Waals surface area contributed by atoms with Gasteiger partial charge in [-0.25, -0.2) is 0 Å². The Morgan fingerprint density at radius 2 is 2.00 bits per heavy atom. The molecule has 1 atom stereocenters. The van der Waals surface area contributed by atoms with Gasteiger partial charge in [0.1, 0.15) is 6.10 Å². The average Bonchev–Trinajstić information content (AvgIpc) is 2.11. The lowest BCUT2D eigenvalue weighted by Gasteiger charge is -2.07. The number of rotatable bonds is 7. The molecule has 0 N–H and O–H groups in total. The molecule has 1 unspecified atom stereocenters. The first kappa shape index (κ1) is 11.4. The smallest absolute Gasteiger partial charge is 0.143 e. The Bertz CT molecular complexity index is 131. The van der Waals surface area contributed by atoms with Crippen LogP contribution in [0.25, 0.3) is 0 Å². The van der Waals surface area contributed by atoms with Crippen molar-refractivity contribution >= 4 is 0 Å². The predicted molar refractivity (Wildman–Crippen MR) is 46.8 cm³/mol. The lowest BCUT2D eigenvalue weighted by atomic mass is 10.3. The van der Waals surface area contributed by atoms with Crippen molar-refractivity contribution in [3.63, 3.8) is 0 Å². The summed E-state index contributed by atoms with van der Waals surface area (Å²) >= 11 is 0. The first-order valence-corrected chi connectivity index (χ1v) is 4.44. The molecule has 0 fully saturated rings. The number of nitrogens with zero attached hydrogens (tertiary/aromatic N) is 1. The lowest BCUT2D eigenvalue weighted by molar-refractivity contribution is 0.0250. The van der Waals surface area contributed by atoms with E-state index in [-0.39, 0.29) is 6.10 Å². The van der Waals surface area contributed by atoms with E-state index >= 15 is 0 Å². The Morgan fingerprint density at radius 3 is 2.50 bits per heavy atom. The van der Waals surface area contributed by atoms with Gasteiger partial charge in [-0.05, 0) is 12.8 Å². The van der Waals surface area contributed by atoms with Crippen LogP contribution in [0.3, 0.4) is 0 Å². The molecule has 3 nitrogen and oxygen atoms in total. The minimum Gasteiger partial charge on any atom is -0.379 e. The number of hydrogen-bond acceptors (Lipinski definition) is 3. The van der Waals surface area contributed by atoms with Crippen molar-refractivity contribution in [2.45, 2.75) is 32.8 Å². The molecule has 0 aromatic heterocycles. The summed E-state index contributed by atoms with van der Waals surface area (Å²) in [6.45, 7) is 5.87. The first-order valence-electron chi connectivity index (χ1n) is 4.44. The summed E-state index contributed by atoms with van der Waals surface area (Å²) in [5.74, 6) is 0. The van der Waals surface area contributed by atoms with E-state index in [0.717, 1.165) is 19.4 Å². The van der Waals surface area contributed by atoms with E-state index in [4.69, 9.17) is 14.7 Å². The maximum absolute atomic E-state index is 8.51. The highest BCUT2D eigenvalue weighted by Crippen LogP contribution is 1.95. The molecule has 0 aliphatic carbocycles. The molecule has 0 aromatic carbocycles. The second kappa shape index (κ2) is 8.51. The van der Waals surface area contributed by atoms with Crippen molar-refractivity contribution in [3.05, 3.63) is 0 Å². The molecule has 3 heteroatoms. The molecule has 0 radical (unpaired) electrons. The normalized spacial score (nSPS) is 12.4. The zero-order valence-electron chi connectivity index (χ0n) is 7.88. The molecule has 12 heavy (non-hydrogen) atoms. The van der Waals surface area contributed by atoms with E-state index < -0.39 is 0 Å². The summed E-state index contributed by atoms with van der Waals surface area (Å²) in [5, 5.41) is 8.51. The van der Waals surface area contributed by atoms with Crippen LogP contribution in [0.4, 0.5) is 0 Å². The van der Waals surface area contributed by atoms with Crippen LogP contribution in [0.5, 0.6) is 0 Å². The van der Waals surface area contributed by atoms with Crippen molar-refractivity contribution < 1.29 is 9.47 Å². The number of hydrogen-bond donors (Lipinski definition) is 0. The van der Waals surface area contributed by atoms with Gasteiger partial charge in [0, 0.05) is 6.61 Å². The van der Waals surface area contributed by atoms with Crippen molar-refractivity contribution in [3.8, 4) is 6.07 Å². The molecule has 0 rings (SSSR count). The monoisotopic (exact) mass is 171 g/mol. The standard InChI is InChI=1S/C9H17NO2/c1-3-5-11-6-7-12-9(4-2)8-10/h9H,3-7H2,1-2H3. The Hall–Kier alpha value is -0.590. The van der Waals surface area contributed by atoms with Crippen LogP contribution < -0.4 is 0 Å². The van der Waals surface area contributed by atoms with Gasteiger partial charge < -0.3 is 9.47 Å². The zero-order chi connectivity index (χ0) is 9.23. The molecule has 70 valence electrons. The largest absolute Gasteiger partial charge is 0.379 e. The van der Waals surface area contributed by atoms with E-state index in [9.17, 15) is 0 Å². The fraction of sp³-hybridized carbons (Fsp3) is 0.889. The summed E-state index contributed by atoms with van der Waals surface area (Å²) in [4.78, 5) is 0. The predicted octanol–water partition coefficient (Wildman–Crippen LogP) is 1.73. The summed E-state index contributed by atoms with van der Waals surface area (Å²) in [6, 6.07) is 2.06. The van der Waals surface area contributed by atoms with Crippen LogP contribution in [0.1, 0.15) is 26.7 Å². The van der Waals surface area contributed by atoms with Crippen molar-refractivity contribution in [2.24, 2.45) is 0 Å². The Morgan fingerprint density at radius 1 is 1.25 bits per heavy atom. The third-order valence-corrected chi connectivity index (χ3v) is 1.41. The molecule has 0 aliphatic heterocycles. The van der Waals surface area contributed by atoms with Crippen molar-refractivity contribution in [1.29, 1.82) is 5.26 Å². The van der Waals surface area contributed by atoms with Crippen LogP contribution in [0, 0.1) is 11.3 Å². The van der Waals surface area contributed by atoms with Gasteiger partial charge in [0.05, 0.1) is 19.3 Å². The highest BCUT2D eigenvalue weighted by Gasteiger charge is 2.02. The SMILES string of the molecule is CCCOCCOC(C#N)CC. The van der Waals surface area contributed by atoms with E-state index in [0.29, 0.717) is 13.2 Å². The lowest BCUT2D eigenvalue weighted by Crippen LogP contribution is -2.13.